The summed E-state index contributed by atoms with van der Waals surface area (Å²) in [5.74, 6) is 0.573. The van der Waals surface area contributed by atoms with Crippen LogP contribution in [0.5, 0.6) is 0 Å². The van der Waals surface area contributed by atoms with E-state index in [1.807, 2.05) is 25.1 Å². The van der Waals surface area contributed by atoms with Gasteiger partial charge in [0, 0.05) is 5.02 Å². The van der Waals surface area contributed by atoms with Crippen LogP contribution in [0.3, 0.4) is 0 Å². The highest BCUT2D eigenvalue weighted by Gasteiger charge is 2.20. The first-order valence-corrected chi connectivity index (χ1v) is 6.50. The highest BCUT2D eigenvalue weighted by Crippen LogP contribution is 2.28. The molecule has 3 N–H and O–H groups in total. The minimum atomic E-state index is -0.531. The van der Waals surface area contributed by atoms with E-state index in [0.29, 0.717) is 17.4 Å². The number of nitrogens with two attached hydrogens (primary N) is 1. The van der Waals surface area contributed by atoms with Crippen molar-refractivity contribution in [3.63, 3.8) is 0 Å². The molecule has 0 aromatic heterocycles. The fourth-order valence-electron chi connectivity index (χ4n) is 1.94. The first kappa shape index (κ1) is 17.7. The summed E-state index contributed by atoms with van der Waals surface area (Å²) in [6.45, 7) is 6.24. The third-order valence-electron chi connectivity index (χ3n) is 3.06. The Hall–Kier alpha value is -0.280. The Morgan fingerprint density at radius 3 is 2.39 bits per heavy atom. The largest absolute Gasteiger partial charge is 0.391 e. The smallest absolute Gasteiger partial charge is 0.0733 e. The van der Waals surface area contributed by atoms with Crippen molar-refractivity contribution in [3.05, 3.63) is 34.3 Å². The Bertz CT molecular complexity index is 349. The average Bonchev–Trinajstić information content (AvgIpc) is 2.25. The lowest BCUT2D eigenvalue weighted by Gasteiger charge is -2.22. The van der Waals surface area contributed by atoms with Gasteiger partial charge in [0.2, 0.25) is 0 Å². The molecule has 0 saturated carbocycles. The van der Waals surface area contributed by atoms with E-state index in [9.17, 15) is 5.11 Å². The number of halogens is 2. The molecule has 0 spiro atoms. The lowest BCUT2D eigenvalue weighted by atomic mass is 9.93. The van der Waals surface area contributed by atoms with Crippen molar-refractivity contribution in [2.75, 3.05) is 0 Å². The van der Waals surface area contributed by atoms with Gasteiger partial charge >= 0.3 is 0 Å². The molecular weight excluding hydrogens is 269 g/mol. The summed E-state index contributed by atoms with van der Waals surface area (Å²) < 4.78 is 0. The molecule has 2 nitrogen and oxygen atoms in total. The molecule has 0 radical (unpaired) electrons. The van der Waals surface area contributed by atoms with Crippen LogP contribution in [0, 0.1) is 12.8 Å². The summed E-state index contributed by atoms with van der Waals surface area (Å²) >= 11 is 6.14. The van der Waals surface area contributed by atoms with Crippen molar-refractivity contribution in [1.29, 1.82) is 0 Å². The van der Waals surface area contributed by atoms with Gasteiger partial charge in [0.15, 0.2) is 0 Å². The number of aryl methyl sites for hydroxylation is 1. The SMILES string of the molecule is Cc1cccc(Cl)c1[C@@H](N)[C@@H](O)CCC(C)C.Cl. The number of aliphatic hydroxyl groups is 1. The maximum atomic E-state index is 10.1. The predicted molar refractivity (Wildman–Crippen MR) is 80.4 cm³/mol. The minimum Gasteiger partial charge on any atom is -0.391 e. The first-order valence-electron chi connectivity index (χ1n) is 6.12. The number of hydrogen-bond acceptors (Lipinski definition) is 2. The zero-order valence-corrected chi connectivity index (χ0v) is 12.8. The van der Waals surface area contributed by atoms with Crippen molar-refractivity contribution in [2.24, 2.45) is 11.7 Å². The molecule has 0 heterocycles. The first-order chi connectivity index (χ1) is 7.93. The molecule has 0 amide bonds. The molecule has 0 bridgehead atoms. The van der Waals surface area contributed by atoms with E-state index in [4.69, 9.17) is 17.3 Å². The Balaban J connectivity index is 0.00000289. The fraction of sp³-hybridized carbons (Fsp3) is 0.571. The van der Waals surface area contributed by atoms with Crippen molar-refractivity contribution in [2.45, 2.75) is 45.8 Å². The zero-order valence-electron chi connectivity index (χ0n) is 11.2. The average molecular weight is 292 g/mol. The summed E-state index contributed by atoms with van der Waals surface area (Å²) in [4.78, 5) is 0. The van der Waals surface area contributed by atoms with Gasteiger partial charge in [0.25, 0.3) is 0 Å². The highest BCUT2D eigenvalue weighted by molar-refractivity contribution is 6.31. The van der Waals surface area contributed by atoms with Gasteiger partial charge in [-0.3, -0.25) is 0 Å². The molecule has 0 aliphatic heterocycles. The molecule has 0 saturated heterocycles. The Morgan fingerprint density at radius 2 is 1.89 bits per heavy atom. The summed E-state index contributed by atoms with van der Waals surface area (Å²) in [5, 5.41) is 10.7. The molecule has 18 heavy (non-hydrogen) atoms. The highest BCUT2D eigenvalue weighted by atomic mass is 35.5. The monoisotopic (exact) mass is 291 g/mol. The van der Waals surface area contributed by atoms with E-state index in [-0.39, 0.29) is 12.4 Å². The van der Waals surface area contributed by atoms with Gasteiger partial charge in [0.05, 0.1) is 12.1 Å². The molecule has 1 aromatic carbocycles. The van der Waals surface area contributed by atoms with Crippen LogP contribution in [0.4, 0.5) is 0 Å². The molecule has 104 valence electrons. The molecule has 1 rings (SSSR count). The number of benzene rings is 1. The van der Waals surface area contributed by atoms with Crippen molar-refractivity contribution in [1.82, 2.24) is 0 Å². The quantitative estimate of drug-likeness (QED) is 0.865. The van der Waals surface area contributed by atoms with Crippen LogP contribution >= 0.6 is 24.0 Å². The Morgan fingerprint density at radius 1 is 1.28 bits per heavy atom. The van der Waals surface area contributed by atoms with Crippen molar-refractivity contribution < 1.29 is 5.11 Å². The molecule has 1 aromatic rings. The summed E-state index contributed by atoms with van der Waals surface area (Å²) in [6.07, 6.45) is 1.15. The van der Waals surface area contributed by atoms with E-state index in [2.05, 4.69) is 13.8 Å². The molecule has 0 unspecified atom stereocenters. The maximum absolute atomic E-state index is 10.1. The van der Waals surface area contributed by atoms with Gasteiger partial charge in [-0.15, -0.1) is 12.4 Å². The lowest BCUT2D eigenvalue weighted by Crippen LogP contribution is -2.27. The van der Waals surface area contributed by atoms with Gasteiger partial charge in [-0.2, -0.15) is 0 Å². The normalized spacial score (nSPS) is 14.2. The third-order valence-corrected chi connectivity index (χ3v) is 3.39. The third kappa shape index (κ3) is 4.77. The van der Waals surface area contributed by atoms with Crippen LogP contribution in [-0.4, -0.2) is 11.2 Å². The van der Waals surface area contributed by atoms with Gasteiger partial charge in [-0.05, 0) is 42.9 Å². The number of aliphatic hydroxyl groups excluding tert-OH is 1. The minimum absolute atomic E-state index is 0. The molecule has 0 fully saturated rings. The number of hydrogen-bond donors (Lipinski definition) is 2. The Labute approximate surface area is 121 Å². The second-order valence-electron chi connectivity index (χ2n) is 5.03. The number of rotatable bonds is 5. The maximum Gasteiger partial charge on any atom is 0.0733 e. The van der Waals surface area contributed by atoms with E-state index in [0.717, 1.165) is 17.5 Å². The lowest BCUT2D eigenvalue weighted by molar-refractivity contribution is 0.128. The molecule has 4 heteroatoms. The van der Waals surface area contributed by atoms with E-state index >= 15 is 0 Å². The van der Waals surface area contributed by atoms with Crippen LogP contribution in [0.1, 0.15) is 43.9 Å². The van der Waals surface area contributed by atoms with Crippen LogP contribution in [0.2, 0.25) is 5.02 Å². The topological polar surface area (TPSA) is 46.2 Å². The second kappa shape index (κ2) is 8.00. The van der Waals surface area contributed by atoms with Crippen LogP contribution in [0.15, 0.2) is 18.2 Å². The fourth-order valence-corrected chi connectivity index (χ4v) is 2.29. The van der Waals surface area contributed by atoms with Gasteiger partial charge < -0.3 is 10.8 Å². The molecule has 2 atom stereocenters. The summed E-state index contributed by atoms with van der Waals surface area (Å²) in [7, 11) is 0. The second-order valence-corrected chi connectivity index (χ2v) is 5.44. The van der Waals surface area contributed by atoms with Gasteiger partial charge in [-0.1, -0.05) is 37.6 Å². The van der Waals surface area contributed by atoms with Gasteiger partial charge in [0.1, 0.15) is 0 Å². The van der Waals surface area contributed by atoms with Crippen molar-refractivity contribution >= 4 is 24.0 Å². The Kier molecular flexibility index (Phi) is 7.88. The standard InChI is InChI=1S/C14H22ClNO.ClH/c1-9(2)7-8-12(17)14(16)13-10(3)5-4-6-11(13)15;/h4-6,9,12,14,17H,7-8,16H2,1-3H3;1H/t12-,14-;/m0./s1. The molecule has 0 aliphatic rings. The summed E-state index contributed by atoms with van der Waals surface area (Å²) in [6, 6.07) is 5.28. The molecule has 0 aliphatic carbocycles. The van der Waals surface area contributed by atoms with E-state index in [1.54, 1.807) is 0 Å². The van der Waals surface area contributed by atoms with Crippen LogP contribution < -0.4 is 5.73 Å². The molecular formula is C14H23Cl2NO. The van der Waals surface area contributed by atoms with E-state index < -0.39 is 12.1 Å². The zero-order chi connectivity index (χ0) is 13.0. The van der Waals surface area contributed by atoms with Crippen LogP contribution in [0.25, 0.3) is 0 Å². The van der Waals surface area contributed by atoms with Crippen LogP contribution in [-0.2, 0) is 0 Å². The van der Waals surface area contributed by atoms with E-state index in [1.165, 1.54) is 0 Å². The van der Waals surface area contributed by atoms with Gasteiger partial charge in [-0.25, -0.2) is 0 Å². The summed E-state index contributed by atoms with van der Waals surface area (Å²) in [5.41, 5.74) is 7.99. The van der Waals surface area contributed by atoms with Crippen molar-refractivity contribution in [3.8, 4) is 0 Å². The predicted octanol–water partition coefficient (Wildman–Crippen LogP) is 3.87.